The molecule has 0 radical (unpaired) electrons. The number of methoxy groups -OCH3 is 1. The van der Waals surface area contributed by atoms with Crippen LogP contribution in [0.25, 0.3) is 6.08 Å². The fourth-order valence-electron chi connectivity index (χ4n) is 3.29. The molecule has 0 aromatic carbocycles. The van der Waals surface area contributed by atoms with E-state index in [1.807, 2.05) is 24.4 Å². The monoisotopic (exact) mass is 351 g/mol. The molecular formula is C22H29N3O. The zero-order valence-corrected chi connectivity index (χ0v) is 16.2. The van der Waals surface area contributed by atoms with Gasteiger partial charge in [-0.2, -0.15) is 0 Å². The summed E-state index contributed by atoms with van der Waals surface area (Å²) in [5.74, 6) is 1.58. The molecule has 3 heterocycles. The van der Waals surface area contributed by atoms with E-state index in [1.165, 1.54) is 30.5 Å². The van der Waals surface area contributed by atoms with Gasteiger partial charge in [-0.3, -0.25) is 0 Å². The van der Waals surface area contributed by atoms with Crippen LogP contribution in [0, 0.1) is 12.8 Å². The third-order valence-corrected chi connectivity index (χ3v) is 4.77. The molecule has 0 saturated heterocycles. The number of H-pyrrole nitrogens is 2. The van der Waals surface area contributed by atoms with Crippen molar-refractivity contribution in [2.24, 2.45) is 10.9 Å². The van der Waals surface area contributed by atoms with Crippen LogP contribution in [-0.2, 0) is 11.2 Å². The van der Waals surface area contributed by atoms with Gasteiger partial charge in [0.25, 0.3) is 0 Å². The van der Waals surface area contributed by atoms with Crippen LogP contribution in [0.3, 0.4) is 0 Å². The van der Waals surface area contributed by atoms with Crippen LogP contribution in [0.5, 0.6) is 0 Å². The molecule has 2 N–H and O–H groups in total. The van der Waals surface area contributed by atoms with Crippen LogP contribution in [0.2, 0.25) is 0 Å². The van der Waals surface area contributed by atoms with Crippen LogP contribution < -0.4 is 0 Å². The normalized spacial score (nSPS) is 15.7. The van der Waals surface area contributed by atoms with Gasteiger partial charge in [-0.1, -0.05) is 26.7 Å². The van der Waals surface area contributed by atoms with Gasteiger partial charge < -0.3 is 14.7 Å². The van der Waals surface area contributed by atoms with Crippen LogP contribution in [0.1, 0.15) is 55.8 Å². The Hall–Kier alpha value is -2.49. The number of aryl methyl sites for hydroxylation is 2. The number of aromatic nitrogens is 2. The van der Waals surface area contributed by atoms with Crippen molar-refractivity contribution in [2.45, 2.75) is 46.5 Å². The summed E-state index contributed by atoms with van der Waals surface area (Å²) in [7, 11) is 1.69. The summed E-state index contributed by atoms with van der Waals surface area (Å²) in [5.41, 5.74) is 6.47. The maximum Gasteiger partial charge on any atom is 0.146 e. The van der Waals surface area contributed by atoms with E-state index in [1.54, 1.807) is 7.11 Å². The first kappa shape index (κ1) is 18.3. The van der Waals surface area contributed by atoms with Gasteiger partial charge in [-0.15, -0.1) is 0 Å². The summed E-state index contributed by atoms with van der Waals surface area (Å²) in [6.45, 7) is 6.72. The molecule has 2 aromatic heterocycles. The zero-order chi connectivity index (χ0) is 18.5. The van der Waals surface area contributed by atoms with Crippen molar-refractivity contribution in [1.82, 2.24) is 9.97 Å². The lowest BCUT2D eigenvalue weighted by Gasteiger charge is -2.03. The highest BCUT2D eigenvalue weighted by Crippen LogP contribution is 2.25. The van der Waals surface area contributed by atoms with Crippen molar-refractivity contribution < 1.29 is 4.74 Å². The minimum Gasteiger partial charge on any atom is -0.494 e. The number of allylic oxidation sites excluding steroid dienone is 1. The molecule has 0 aliphatic carbocycles. The Labute approximate surface area is 156 Å². The summed E-state index contributed by atoms with van der Waals surface area (Å²) in [6.07, 6.45) is 10.9. The lowest BCUT2D eigenvalue weighted by Crippen LogP contribution is -1.93. The maximum absolute atomic E-state index is 5.51. The van der Waals surface area contributed by atoms with E-state index >= 15 is 0 Å². The number of rotatable bonds is 8. The predicted octanol–water partition coefficient (Wildman–Crippen LogP) is 5.39. The van der Waals surface area contributed by atoms with E-state index < -0.39 is 0 Å². The summed E-state index contributed by atoms with van der Waals surface area (Å²) in [6, 6.07) is 6.23. The van der Waals surface area contributed by atoms with Crippen LogP contribution >= 0.6 is 0 Å². The third kappa shape index (κ3) is 4.37. The Kier molecular flexibility index (Phi) is 5.82. The number of aliphatic imine (C=N–C) groups is 1. The largest absolute Gasteiger partial charge is 0.494 e. The molecule has 4 heteroatoms. The highest BCUT2D eigenvalue weighted by atomic mass is 16.5. The molecule has 0 unspecified atom stereocenters. The van der Waals surface area contributed by atoms with E-state index in [4.69, 9.17) is 9.73 Å². The van der Waals surface area contributed by atoms with Crippen molar-refractivity contribution in [2.75, 3.05) is 7.11 Å². The Morgan fingerprint density at radius 1 is 1.27 bits per heavy atom. The Bertz CT molecular complexity index is 820. The molecule has 2 aromatic rings. The molecule has 0 amide bonds. The molecule has 26 heavy (non-hydrogen) atoms. The highest BCUT2D eigenvalue weighted by molar-refractivity contribution is 6.11. The predicted molar refractivity (Wildman–Crippen MR) is 108 cm³/mol. The third-order valence-electron chi connectivity index (χ3n) is 4.77. The maximum atomic E-state index is 5.51. The topological polar surface area (TPSA) is 53.2 Å². The summed E-state index contributed by atoms with van der Waals surface area (Å²) >= 11 is 0. The van der Waals surface area contributed by atoms with E-state index in [0.717, 1.165) is 40.9 Å². The second-order valence-electron chi connectivity index (χ2n) is 7.34. The van der Waals surface area contributed by atoms with E-state index in [9.17, 15) is 0 Å². The lowest BCUT2D eigenvalue weighted by atomic mass is 10.0. The minimum absolute atomic E-state index is 0.788. The molecular weight excluding hydrogens is 322 g/mol. The van der Waals surface area contributed by atoms with Crippen molar-refractivity contribution in [3.8, 4) is 0 Å². The Balaban J connectivity index is 1.73. The highest BCUT2D eigenvalue weighted by Gasteiger charge is 2.17. The van der Waals surface area contributed by atoms with Crippen LogP contribution in [0.4, 0.5) is 0 Å². The Morgan fingerprint density at radius 3 is 2.81 bits per heavy atom. The quantitative estimate of drug-likeness (QED) is 0.615. The first-order valence-electron chi connectivity index (χ1n) is 9.45. The average Bonchev–Trinajstić information content (AvgIpc) is 3.32. The molecule has 3 rings (SSSR count). The fourth-order valence-corrected chi connectivity index (χ4v) is 3.29. The molecule has 138 valence electrons. The van der Waals surface area contributed by atoms with E-state index in [-0.39, 0.29) is 0 Å². The van der Waals surface area contributed by atoms with Crippen LogP contribution in [-0.4, -0.2) is 22.8 Å². The second-order valence-corrected chi connectivity index (χ2v) is 7.34. The standard InChI is InChI=1S/C22H29N3O/c1-15(2)8-5-6-9-17-12-18(24-16(17)3)13-21-22(26-4)14-20(25-21)19-10-7-11-23-19/h7,10-15,23-24H,5-6,8-9H2,1-4H3. The van der Waals surface area contributed by atoms with Gasteiger partial charge in [0.1, 0.15) is 11.5 Å². The molecule has 1 aliphatic rings. The van der Waals surface area contributed by atoms with Gasteiger partial charge in [-0.25, -0.2) is 4.99 Å². The van der Waals surface area contributed by atoms with E-state index in [2.05, 4.69) is 42.9 Å². The molecule has 0 saturated carbocycles. The first-order valence-corrected chi connectivity index (χ1v) is 9.45. The first-order chi connectivity index (χ1) is 12.6. The SMILES string of the molecule is COC1=CC(c2ccc[nH]2)=NC1=Cc1cc(CCCCC(C)C)c(C)[nH]1. The molecule has 1 aliphatic heterocycles. The fraction of sp³-hybridized carbons (Fsp3) is 0.409. The van der Waals surface area contributed by atoms with Gasteiger partial charge in [-0.05, 0) is 55.5 Å². The minimum atomic E-state index is 0.788. The lowest BCUT2D eigenvalue weighted by molar-refractivity contribution is 0.303. The molecule has 0 fully saturated rings. The van der Waals surface area contributed by atoms with Crippen molar-refractivity contribution in [3.63, 3.8) is 0 Å². The number of hydrogen-bond acceptors (Lipinski definition) is 2. The van der Waals surface area contributed by atoms with Gasteiger partial charge in [0, 0.05) is 23.7 Å². The van der Waals surface area contributed by atoms with Gasteiger partial charge in [0.15, 0.2) is 0 Å². The van der Waals surface area contributed by atoms with Crippen LogP contribution in [0.15, 0.2) is 46.9 Å². The number of ether oxygens (including phenoxy) is 1. The molecule has 0 bridgehead atoms. The van der Waals surface area contributed by atoms with Gasteiger partial charge >= 0.3 is 0 Å². The molecule has 4 nitrogen and oxygen atoms in total. The number of unbranched alkanes of at least 4 members (excludes halogenated alkanes) is 1. The Morgan fingerprint density at radius 2 is 2.12 bits per heavy atom. The average molecular weight is 351 g/mol. The molecule has 0 atom stereocenters. The summed E-state index contributed by atoms with van der Waals surface area (Å²) in [5, 5.41) is 0. The van der Waals surface area contributed by atoms with Crippen molar-refractivity contribution >= 4 is 11.8 Å². The smallest absolute Gasteiger partial charge is 0.146 e. The van der Waals surface area contributed by atoms with Gasteiger partial charge in [0.05, 0.1) is 18.5 Å². The summed E-state index contributed by atoms with van der Waals surface area (Å²) < 4.78 is 5.51. The van der Waals surface area contributed by atoms with Gasteiger partial charge in [0.2, 0.25) is 0 Å². The number of hydrogen-bond donors (Lipinski definition) is 2. The van der Waals surface area contributed by atoms with Crippen molar-refractivity contribution in [3.05, 3.63) is 64.6 Å². The van der Waals surface area contributed by atoms with Crippen molar-refractivity contribution in [1.29, 1.82) is 0 Å². The number of nitrogens with one attached hydrogen (secondary N) is 2. The zero-order valence-electron chi connectivity index (χ0n) is 16.2. The number of aromatic amines is 2. The second kappa shape index (κ2) is 8.26. The number of nitrogens with zero attached hydrogens (tertiary/aromatic N) is 1. The van der Waals surface area contributed by atoms with E-state index in [0.29, 0.717) is 0 Å². The summed E-state index contributed by atoms with van der Waals surface area (Å²) in [4.78, 5) is 11.4. The molecule has 0 spiro atoms.